The molecule has 1 aliphatic heterocycles. The van der Waals surface area contributed by atoms with Crippen molar-refractivity contribution in [3.63, 3.8) is 0 Å². The number of hydrogen-bond donors (Lipinski definition) is 1. The standard InChI is InChI=1S/C28H36N2O3S/c1-27(2)22-14-15-28(3,19-22)26(27)29-25(31)21-12-13-23(20-10-6-4-7-11-20)24(18-21)34(32,33)30-16-8-5-9-17-30/h4,6-7,10-13,18,22,26H,5,8-9,14-17,19H2,1-3H3,(H,29,31)/t22-,26?,28-/m0/s1. The third-order valence-electron chi connectivity index (χ3n) is 8.81. The number of carbonyl (C=O) groups is 1. The first-order chi connectivity index (χ1) is 16.1. The largest absolute Gasteiger partial charge is 0.348 e. The molecule has 1 saturated heterocycles. The molecule has 0 aromatic heterocycles. The number of nitrogens with zero attached hydrogens (tertiary/aromatic N) is 1. The predicted octanol–water partition coefficient (Wildman–Crippen LogP) is 5.47. The highest BCUT2D eigenvalue weighted by molar-refractivity contribution is 7.89. The highest BCUT2D eigenvalue weighted by Crippen LogP contribution is 2.62. The molecule has 1 amide bonds. The van der Waals surface area contributed by atoms with Crippen molar-refractivity contribution >= 4 is 15.9 Å². The van der Waals surface area contributed by atoms with Gasteiger partial charge in [-0.15, -0.1) is 0 Å². The van der Waals surface area contributed by atoms with Crippen LogP contribution in [0.4, 0.5) is 0 Å². The summed E-state index contributed by atoms with van der Waals surface area (Å²) < 4.78 is 29.1. The van der Waals surface area contributed by atoms with Gasteiger partial charge in [-0.3, -0.25) is 4.79 Å². The molecule has 2 aromatic carbocycles. The molecular weight excluding hydrogens is 444 g/mol. The van der Waals surface area contributed by atoms with Crippen LogP contribution in [0.3, 0.4) is 0 Å². The Morgan fingerprint density at radius 2 is 1.71 bits per heavy atom. The Morgan fingerprint density at radius 1 is 1.00 bits per heavy atom. The molecule has 2 aromatic rings. The Bertz CT molecular complexity index is 1180. The summed E-state index contributed by atoms with van der Waals surface area (Å²) in [4.78, 5) is 13.7. The summed E-state index contributed by atoms with van der Waals surface area (Å²) in [5, 5.41) is 3.33. The Hall–Kier alpha value is -2.18. The van der Waals surface area contributed by atoms with Gasteiger partial charge in [0.25, 0.3) is 5.91 Å². The van der Waals surface area contributed by atoms with E-state index < -0.39 is 10.0 Å². The van der Waals surface area contributed by atoms with Crippen molar-refractivity contribution in [3.05, 3.63) is 54.1 Å². The molecule has 5 nitrogen and oxygen atoms in total. The predicted molar refractivity (Wildman–Crippen MR) is 135 cm³/mol. The van der Waals surface area contributed by atoms with Crippen LogP contribution >= 0.6 is 0 Å². The lowest BCUT2D eigenvalue weighted by atomic mass is 9.68. The lowest BCUT2D eigenvalue weighted by Gasteiger charge is -2.43. The number of sulfonamides is 1. The molecule has 0 radical (unpaired) electrons. The summed E-state index contributed by atoms with van der Waals surface area (Å²) in [5.74, 6) is 0.444. The average Bonchev–Trinajstić information content (AvgIpc) is 3.33. The molecule has 0 spiro atoms. The Balaban J connectivity index is 1.52. The first kappa shape index (κ1) is 23.6. The molecule has 2 aliphatic carbocycles. The van der Waals surface area contributed by atoms with E-state index in [0.29, 0.717) is 30.1 Å². The minimum absolute atomic E-state index is 0.0371. The lowest BCUT2D eigenvalue weighted by molar-refractivity contribution is 0.0737. The van der Waals surface area contributed by atoms with Gasteiger partial charge < -0.3 is 5.32 Å². The van der Waals surface area contributed by atoms with Crippen LogP contribution < -0.4 is 5.32 Å². The van der Waals surface area contributed by atoms with Crippen molar-refractivity contribution in [1.29, 1.82) is 0 Å². The third kappa shape index (κ3) is 3.89. The number of nitrogens with one attached hydrogen (secondary N) is 1. The van der Waals surface area contributed by atoms with Gasteiger partial charge in [0.1, 0.15) is 0 Å². The maximum atomic E-state index is 13.8. The van der Waals surface area contributed by atoms with Crippen LogP contribution in [0.2, 0.25) is 0 Å². The fourth-order valence-electron chi connectivity index (χ4n) is 6.85. The monoisotopic (exact) mass is 480 g/mol. The van der Waals surface area contributed by atoms with E-state index in [2.05, 4.69) is 26.1 Å². The summed E-state index contributed by atoms with van der Waals surface area (Å²) in [7, 11) is -3.71. The first-order valence-electron chi connectivity index (χ1n) is 12.6. The number of rotatable bonds is 5. The van der Waals surface area contributed by atoms with Gasteiger partial charge in [-0.05, 0) is 66.5 Å². The highest BCUT2D eigenvalue weighted by Gasteiger charge is 2.59. The number of hydrogen-bond acceptors (Lipinski definition) is 3. The summed E-state index contributed by atoms with van der Waals surface area (Å²) in [5.41, 5.74) is 2.05. The maximum absolute atomic E-state index is 13.8. The van der Waals surface area contributed by atoms with Crippen molar-refractivity contribution < 1.29 is 13.2 Å². The Kier molecular flexibility index (Phi) is 5.88. The van der Waals surface area contributed by atoms with Crippen LogP contribution in [0.15, 0.2) is 53.4 Å². The third-order valence-corrected chi connectivity index (χ3v) is 10.7. The van der Waals surface area contributed by atoms with Crippen LogP contribution in [0.5, 0.6) is 0 Å². The number of amides is 1. The van der Waals surface area contributed by atoms with Crippen molar-refractivity contribution in [2.45, 2.75) is 70.2 Å². The second kappa shape index (κ2) is 8.49. The average molecular weight is 481 g/mol. The van der Waals surface area contributed by atoms with E-state index >= 15 is 0 Å². The van der Waals surface area contributed by atoms with Crippen LogP contribution in [-0.4, -0.2) is 37.8 Å². The lowest BCUT2D eigenvalue weighted by Crippen LogP contribution is -2.52. The molecule has 6 heteroatoms. The Labute approximate surface area is 204 Å². The van der Waals surface area contributed by atoms with E-state index in [4.69, 9.17) is 0 Å². The molecular formula is C28H36N2O3S. The van der Waals surface area contributed by atoms with Crippen molar-refractivity contribution in [2.24, 2.45) is 16.7 Å². The number of fused-ring (bicyclic) bond motifs is 2. The molecule has 1 unspecified atom stereocenters. The van der Waals surface area contributed by atoms with Gasteiger partial charge in [-0.25, -0.2) is 8.42 Å². The maximum Gasteiger partial charge on any atom is 0.251 e. The zero-order valence-corrected chi connectivity index (χ0v) is 21.3. The highest BCUT2D eigenvalue weighted by atomic mass is 32.2. The van der Waals surface area contributed by atoms with Gasteiger partial charge in [0.15, 0.2) is 0 Å². The molecule has 3 atom stereocenters. The van der Waals surface area contributed by atoms with Crippen LogP contribution in [0, 0.1) is 16.7 Å². The molecule has 34 heavy (non-hydrogen) atoms. The molecule has 5 rings (SSSR count). The van der Waals surface area contributed by atoms with Gasteiger partial charge in [0, 0.05) is 30.3 Å². The van der Waals surface area contributed by atoms with Crippen LogP contribution in [0.1, 0.15) is 69.7 Å². The number of piperidine rings is 1. The van der Waals surface area contributed by atoms with Crippen molar-refractivity contribution in [3.8, 4) is 11.1 Å². The molecule has 3 aliphatic rings. The van der Waals surface area contributed by atoms with Crippen molar-refractivity contribution in [1.82, 2.24) is 9.62 Å². The zero-order chi connectivity index (χ0) is 24.1. The molecule has 1 N–H and O–H groups in total. The summed E-state index contributed by atoms with van der Waals surface area (Å²) >= 11 is 0. The van der Waals surface area contributed by atoms with E-state index in [1.54, 1.807) is 22.5 Å². The van der Waals surface area contributed by atoms with Crippen LogP contribution in [-0.2, 0) is 10.0 Å². The van der Waals surface area contributed by atoms with Crippen molar-refractivity contribution in [2.75, 3.05) is 13.1 Å². The Morgan fingerprint density at radius 3 is 2.35 bits per heavy atom. The van der Waals surface area contributed by atoms with E-state index in [-0.39, 0.29) is 27.7 Å². The summed E-state index contributed by atoms with van der Waals surface area (Å²) in [6, 6.07) is 14.8. The molecule has 1 heterocycles. The normalized spacial score (nSPS) is 28.7. The van der Waals surface area contributed by atoms with Gasteiger partial charge in [0.05, 0.1) is 4.90 Å². The second-order valence-corrected chi connectivity index (χ2v) is 13.3. The van der Waals surface area contributed by atoms with Gasteiger partial charge in [-0.2, -0.15) is 4.31 Å². The van der Waals surface area contributed by atoms with E-state index in [0.717, 1.165) is 37.7 Å². The van der Waals surface area contributed by atoms with E-state index in [1.807, 2.05) is 30.3 Å². The summed E-state index contributed by atoms with van der Waals surface area (Å²) in [6.07, 6.45) is 6.30. The van der Waals surface area contributed by atoms with Crippen LogP contribution in [0.25, 0.3) is 11.1 Å². The topological polar surface area (TPSA) is 66.5 Å². The molecule has 3 fully saturated rings. The van der Waals surface area contributed by atoms with Gasteiger partial charge in [-0.1, -0.05) is 63.6 Å². The fraction of sp³-hybridized carbons (Fsp3) is 0.536. The van der Waals surface area contributed by atoms with Gasteiger partial charge in [0.2, 0.25) is 10.0 Å². The summed E-state index contributed by atoms with van der Waals surface area (Å²) in [6.45, 7) is 7.87. The number of benzene rings is 2. The molecule has 2 saturated carbocycles. The smallest absolute Gasteiger partial charge is 0.251 e. The SMILES string of the molecule is CC1(C)C(NC(=O)c2ccc(-c3ccccc3)c(S(=O)(=O)N3CCCCC3)c2)[C@@]2(C)CC[C@H]1C2. The van der Waals surface area contributed by atoms with E-state index in [9.17, 15) is 13.2 Å². The quantitative estimate of drug-likeness (QED) is 0.617. The minimum atomic E-state index is -3.71. The number of carbonyl (C=O) groups excluding carboxylic acids is 1. The minimum Gasteiger partial charge on any atom is -0.348 e. The first-order valence-corrected chi connectivity index (χ1v) is 14.1. The van der Waals surface area contributed by atoms with Gasteiger partial charge >= 0.3 is 0 Å². The zero-order valence-electron chi connectivity index (χ0n) is 20.5. The fourth-order valence-corrected chi connectivity index (χ4v) is 8.61. The molecule has 182 valence electrons. The van der Waals surface area contributed by atoms with E-state index in [1.165, 1.54) is 6.42 Å². The second-order valence-electron chi connectivity index (χ2n) is 11.4. The molecule has 2 bridgehead atoms.